The summed E-state index contributed by atoms with van der Waals surface area (Å²) < 4.78 is 10.6. The largest absolute Gasteiger partial charge is 0.463 e. The number of hydrogen-bond donors (Lipinski definition) is 2. The van der Waals surface area contributed by atoms with Gasteiger partial charge in [0.15, 0.2) is 0 Å². The van der Waals surface area contributed by atoms with Crippen LogP contribution in [0.25, 0.3) is 0 Å². The van der Waals surface area contributed by atoms with E-state index in [-0.39, 0.29) is 24.5 Å². The predicted octanol–water partition coefficient (Wildman–Crippen LogP) is 2.78. The summed E-state index contributed by atoms with van der Waals surface area (Å²) in [6.07, 6.45) is 0. The molecule has 31 heavy (non-hydrogen) atoms. The molecular weight excluding hydrogens is 398 g/mol. The smallest absolute Gasteiger partial charge is 0.338 e. The van der Waals surface area contributed by atoms with E-state index in [1.807, 2.05) is 43.3 Å². The van der Waals surface area contributed by atoms with E-state index in [0.717, 1.165) is 5.69 Å². The van der Waals surface area contributed by atoms with Crippen LogP contribution >= 0.6 is 0 Å². The van der Waals surface area contributed by atoms with E-state index in [1.54, 1.807) is 37.3 Å². The Bertz CT molecular complexity index is 1000. The second kappa shape index (κ2) is 9.80. The van der Waals surface area contributed by atoms with Gasteiger partial charge < -0.3 is 25.0 Å². The molecule has 1 aliphatic rings. The SMILES string of the molecule is CCOC(=O)C1=C(COC(=O)c2cccc(N(C)C)c2)NC(=O)N[C@H]1c1ccccc1. The fraction of sp³-hybridized carbons (Fsp3) is 0.261. The number of urea groups is 1. The topological polar surface area (TPSA) is 97.0 Å². The van der Waals surface area contributed by atoms with Crippen molar-refractivity contribution in [2.45, 2.75) is 13.0 Å². The average molecular weight is 423 g/mol. The Morgan fingerprint density at radius 2 is 1.74 bits per heavy atom. The molecule has 0 saturated heterocycles. The maximum absolute atomic E-state index is 12.7. The van der Waals surface area contributed by atoms with E-state index in [0.29, 0.717) is 11.1 Å². The number of hydrogen-bond acceptors (Lipinski definition) is 6. The van der Waals surface area contributed by atoms with Gasteiger partial charge in [-0.05, 0) is 30.7 Å². The number of benzene rings is 2. The number of anilines is 1. The lowest BCUT2D eigenvalue weighted by Gasteiger charge is -2.29. The lowest BCUT2D eigenvalue weighted by atomic mass is 9.95. The molecule has 8 heteroatoms. The first-order chi connectivity index (χ1) is 14.9. The van der Waals surface area contributed by atoms with Gasteiger partial charge in [-0.3, -0.25) is 0 Å². The van der Waals surface area contributed by atoms with Gasteiger partial charge in [0.05, 0.1) is 29.5 Å². The first kappa shape index (κ1) is 21.9. The van der Waals surface area contributed by atoms with E-state index in [4.69, 9.17) is 9.47 Å². The maximum atomic E-state index is 12.7. The van der Waals surface area contributed by atoms with Crippen molar-refractivity contribution in [1.29, 1.82) is 0 Å². The Morgan fingerprint density at radius 1 is 1.00 bits per heavy atom. The molecule has 0 bridgehead atoms. The van der Waals surface area contributed by atoms with Crippen LogP contribution in [-0.2, 0) is 14.3 Å². The summed E-state index contributed by atoms with van der Waals surface area (Å²) in [4.78, 5) is 39.4. The summed E-state index contributed by atoms with van der Waals surface area (Å²) in [5, 5.41) is 5.32. The minimum absolute atomic E-state index is 0.169. The van der Waals surface area contributed by atoms with Gasteiger partial charge in [-0.15, -0.1) is 0 Å². The molecule has 2 N–H and O–H groups in total. The Labute approximate surface area is 180 Å². The molecule has 2 amide bonds. The Balaban J connectivity index is 1.89. The van der Waals surface area contributed by atoms with Crippen LogP contribution in [0.5, 0.6) is 0 Å². The van der Waals surface area contributed by atoms with Crippen molar-refractivity contribution in [3.63, 3.8) is 0 Å². The van der Waals surface area contributed by atoms with Crippen LogP contribution in [0.1, 0.15) is 28.9 Å². The third-order valence-corrected chi connectivity index (χ3v) is 4.73. The Morgan fingerprint density at radius 3 is 2.42 bits per heavy atom. The van der Waals surface area contributed by atoms with Gasteiger partial charge in [0.2, 0.25) is 0 Å². The second-order valence-electron chi connectivity index (χ2n) is 7.08. The molecule has 2 aromatic rings. The Kier molecular flexibility index (Phi) is 6.92. The van der Waals surface area contributed by atoms with Gasteiger partial charge in [-0.1, -0.05) is 36.4 Å². The minimum Gasteiger partial charge on any atom is -0.463 e. The number of amides is 2. The maximum Gasteiger partial charge on any atom is 0.338 e. The highest BCUT2D eigenvalue weighted by Crippen LogP contribution is 2.28. The zero-order valence-electron chi connectivity index (χ0n) is 17.7. The van der Waals surface area contributed by atoms with Crippen LogP contribution in [0.2, 0.25) is 0 Å². The van der Waals surface area contributed by atoms with Crippen LogP contribution in [0.3, 0.4) is 0 Å². The van der Waals surface area contributed by atoms with E-state index in [9.17, 15) is 14.4 Å². The number of carbonyl (C=O) groups is 3. The van der Waals surface area contributed by atoms with Crippen molar-refractivity contribution in [3.8, 4) is 0 Å². The number of nitrogens with zero attached hydrogens (tertiary/aromatic N) is 1. The van der Waals surface area contributed by atoms with Gasteiger partial charge in [0.25, 0.3) is 0 Å². The summed E-state index contributed by atoms with van der Waals surface area (Å²) >= 11 is 0. The van der Waals surface area contributed by atoms with Crippen LogP contribution in [0, 0.1) is 0 Å². The first-order valence-corrected chi connectivity index (χ1v) is 9.87. The molecule has 1 heterocycles. The number of esters is 2. The van der Waals surface area contributed by atoms with Crippen molar-refractivity contribution in [2.75, 3.05) is 32.2 Å². The second-order valence-corrected chi connectivity index (χ2v) is 7.08. The highest BCUT2D eigenvalue weighted by molar-refractivity contribution is 5.95. The lowest BCUT2D eigenvalue weighted by molar-refractivity contribution is -0.139. The Hall–Kier alpha value is -3.81. The molecular formula is C23H25N3O5. The zero-order valence-corrected chi connectivity index (χ0v) is 17.7. The molecule has 0 unspecified atom stereocenters. The van der Waals surface area contributed by atoms with Crippen LogP contribution in [0.4, 0.5) is 10.5 Å². The summed E-state index contributed by atoms with van der Waals surface area (Å²) in [5.74, 6) is -1.16. The number of carbonyl (C=O) groups excluding carboxylic acids is 3. The van der Waals surface area contributed by atoms with Crippen molar-refractivity contribution >= 4 is 23.7 Å². The third-order valence-electron chi connectivity index (χ3n) is 4.73. The van der Waals surface area contributed by atoms with Gasteiger partial charge in [0, 0.05) is 19.8 Å². The molecule has 0 radical (unpaired) electrons. The lowest BCUT2D eigenvalue weighted by Crippen LogP contribution is -2.47. The van der Waals surface area contributed by atoms with Crippen molar-refractivity contribution in [3.05, 3.63) is 77.0 Å². The summed E-state index contributed by atoms with van der Waals surface area (Å²) in [7, 11) is 3.74. The molecule has 8 nitrogen and oxygen atoms in total. The quantitative estimate of drug-likeness (QED) is 0.665. The van der Waals surface area contributed by atoms with Crippen LogP contribution in [-0.4, -0.2) is 45.3 Å². The number of ether oxygens (including phenoxy) is 2. The first-order valence-electron chi connectivity index (χ1n) is 9.87. The fourth-order valence-corrected chi connectivity index (χ4v) is 3.21. The van der Waals surface area contributed by atoms with Crippen molar-refractivity contribution in [1.82, 2.24) is 10.6 Å². The van der Waals surface area contributed by atoms with Crippen molar-refractivity contribution < 1.29 is 23.9 Å². The molecule has 3 rings (SSSR count). The van der Waals surface area contributed by atoms with Gasteiger partial charge >= 0.3 is 18.0 Å². The molecule has 1 atom stereocenters. The van der Waals surface area contributed by atoms with E-state index in [1.165, 1.54) is 0 Å². The number of nitrogens with one attached hydrogen (secondary N) is 2. The highest BCUT2D eigenvalue weighted by Gasteiger charge is 2.34. The summed E-state index contributed by atoms with van der Waals surface area (Å²) in [6, 6.07) is 14.8. The monoisotopic (exact) mass is 423 g/mol. The minimum atomic E-state index is -0.722. The van der Waals surface area contributed by atoms with Gasteiger partial charge in [0.1, 0.15) is 6.61 Å². The molecule has 0 fully saturated rings. The van der Waals surface area contributed by atoms with Crippen LogP contribution < -0.4 is 15.5 Å². The molecule has 162 valence electrons. The zero-order chi connectivity index (χ0) is 22.4. The summed E-state index contributed by atoms with van der Waals surface area (Å²) in [6.45, 7) is 1.58. The van der Waals surface area contributed by atoms with E-state index < -0.39 is 24.0 Å². The molecule has 0 aromatic heterocycles. The predicted molar refractivity (Wildman–Crippen MR) is 116 cm³/mol. The molecule has 0 saturated carbocycles. The highest BCUT2D eigenvalue weighted by atomic mass is 16.5. The molecule has 2 aromatic carbocycles. The molecule has 0 spiro atoms. The average Bonchev–Trinajstić information content (AvgIpc) is 2.77. The van der Waals surface area contributed by atoms with Gasteiger partial charge in [-0.25, -0.2) is 14.4 Å². The van der Waals surface area contributed by atoms with Gasteiger partial charge in [-0.2, -0.15) is 0 Å². The molecule has 1 aliphatic heterocycles. The van der Waals surface area contributed by atoms with E-state index in [2.05, 4.69) is 10.6 Å². The summed E-state index contributed by atoms with van der Waals surface area (Å²) in [5.41, 5.74) is 2.31. The fourth-order valence-electron chi connectivity index (χ4n) is 3.21. The van der Waals surface area contributed by atoms with Crippen molar-refractivity contribution in [2.24, 2.45) is 0 Å². The third kappa shape index (κ3) is 5.22. The standard InChI is InChI=1S/C23H25N3O5/c1-4-30-22(28)19-18(24-23(29)25-20(19)15-9-6-5-7-10-15)14-31-21(27)16-11-8-12-17(13-16)26(2)3/h5-13,20H,4,14H2,1-3H3,(H2,24,25,29)/t20-/m0/s1. The van der Waals surface area contributed by atoms with Crippen LogP contribution in [0.15, 0.2) is 65.9 Å². The normalized spacial score (nSPS) is 15.6. The molecule has 0 aliphatic carbocycles. The number of rotatable bonds is 7. The van der Waals surface area contributed by atoms with E-state index >= 15 is 0 Å².